The van der Waals surface area contributed by atoms with Crippen molar-refractivity contribution < 1.29 is 0 Å². The Morgan fingerprint density at radius 3 is 2.40 bits per heavy atom. The van der Waals surface area contributed by atoms with Gasteiger partial charge in [-0.3, -0.25) is 0 Å². The molecule has 0 aliphatic rings. The van der Waals surface area contributed by atoms with E-state index in [-0.39, 0.29) is 5.38 Å². The normalized spacial score (nSPS) is 13.1. The monoisotopic (exact) mass is 316 g/mol. The van der Waals surface area contributed by atoms with Crippen LogP contribution in [0.15, 0.2) is 17.5 Å². The number of halogens is 4. The van der Waals surface area contributed by atoms with Gasteiger partial charge in [0.05, 0.1) is 19.1 Å². The van der Waals surface area contributed by atoms with Gasteiger partial charge in [-0.2, -0.15) is 0 Å². The van der Waals surface area contributed by atoms with Crippen LogP contribution in [0, 0.1) is 0 Å². The molecule has 0 aliphatic heterocycles. The Hall–Kier alpha value is 0.560. The summed E-state index contributed by atoms with van der Waals surface area (Å²) in [5, 5.41) is 2.24. The first-order chi connectivity index (χ1) is 7.09. The Bertz CT molecular complexity index is 474. The average Bonchev–Trinajstić information content (AvgIpc) is 2.71. The van der Waals surface area contributed by atoms with Gasteiger partial charge in [0.15, 0.2) is 0 Å². The molecule has 0 spiro atoms. The maximum Gasteiger partial charge on any atom is 0.0994 e. The van der Waals surface area contributed by atoms with Crippen molar-refractivity contribution in [3.05, 3.63) is 41.6 Å². The summed E-state index contributed by atoms with van der Waals surface area (Å²) in [7, 11) is 0. The van der Waals surface area contributed by atoms with Crippen molar-refractivity contribution in [2.45, 2.75) is 5.38 Å². The largest absolute Gasteiger partial charge is 0.145 e. The van der Waals surface area contributed by atoms with Crippen LogP contribution < -0.4 is 0 Å². The molecule has 0 N–H and O–H groups in total. The van der Waals surface area contributed by atoms with E-state index in [1.807, 2.05) is 11.4 Å². The first-order valence-electron chi connectivity index (χ1n) is 3.91. The minimum Gasteiger partial charge on any atom is -0.145 e. The van der Waals surface area contributed by atoms with Crippen LogP contribution in [0.25, 0.3) is 0 Å². The van der Waals surface area contributed by atoms with Crippen molar-refractivity contribution in [1.29, 1.82) is 0 Å². The van der Waals surface area contributed by atoms with E-state index < -0.39 is 0 Å². The van der Waals surface area contributed by atoms with Gasteiger partial charge in [-0.15, -0.1) is 34.3 Å². The van der Waals surface area contributed by atoms with Gasteiger partial charge in [0.2, 0.25) is 0 Å². The van der Waals surface area contributed by atoms with Crippen LogP contribution >= 0.6 is 69.1 Å². The molecule has 80 valence electrons. The van der Waals surface area contributed by atoms with Crippen LogP contribution in [-0.2, 0) is 0 Å². The Morgan fingerprint density at radius 1 is 1.20 bits per heavy atom. The molecule has 6 heteroatoms. The Morgan fingerprint density at radius 2 is 1.93 bits per heavy atom. The van der Waals surface area contributed by atoms with Gasteiger partial charge in [-0.05, 0) is 17.5 Å². The average molecular weight is 318 g/mol. The second kappa shape index (κ2) is 4.82. The molecule has 0 amide bonds. The lowest BCUT2D eigenvalue weighted by molar-refractivity contribution is 1.20. The van der Waals surface area contributed by atoms with Crippen molar-refractivity contribution >= 4 is 69.1 Å². The molecule has 0 nitrogen and oxygen atoms in total. The van der Waals surface area contributed by atoms with Crippen molar-refractivity contribution in [2.24, 2.45) is 0 Å². The van der Waals surface area contributed by atoms with Crippen molar-refractivity contribution in [2.75, 3.05) is 0 Å². The van der Waals surface area contributed by atoms with Crippen molar-refractivity contribution in [3.63, 3.8) is 0 Å². The fraction of sp³-hybridized carbons (Fsp3) is 0.111. The highest BCUT2D eigenvalue weighted by atomic mass is 35.5. The van der Waals surface area contributed by atoms with E-state index >= 15 is 0 Å². The second-order valence-corrected chi connectivity index (χ2v) is 6.85. The summed E-state index contributed by atoms with van der Waals surface area (Å²) in [5.41, 5.74) is 0.817. The quantitative estimate of drug-likeness (QED) is 0.587. The van der Waals surface area contributed by atoms with Crippen LogP contribution in [0.3, 0.4) is 0 Å². The lowest BCUT2D eigenvalue weighted by Crippen LogP contribution is -1.88. The fourth-order valence-corrected chi connectivity index (χ4v) is 4.46. The molecular weight excluding hydrogens is 314 g/mol. The van der Waals surface area contributed by atoms with E-state index in [9.17, 15) is 0 Å². The van der Waals surface area contributed by atoms with Crippen LogP contribution in [0.2, 0.25) is 13.7 Å². The maximum absolute atomic E-state index is 6.29. The second-order valence-electron chi connectivity index (χ2n) is 2.77. The topological polar surface area (TPSA) is 0 Å². The summed E-state index contributed by atoms with van der Waals surface area (Å²) in [6.07, 6.45) is 0. The first-order valence-corrected chi connectivity index (χ1v) is 7.18. The van der Waals surface area contributed by atoms with Crippen LogP contribution in [-0.4, -0.2) is 0 Å². The highest BCUT2D eigenvalue weighted by Gasteiger charge is 2.20. The van der Waals surface area contributed by atoms with Crippen LogP contribution in [0.4, 0.5) is 0 Å². The highest BCUT2D eigenvalue weighted by Crippen LogP contribution is 2.44. The van der Waals surface area contributed by atoms with Gasteiger partial charge in [-0.25, -0.2) is 0 Å². The summed E-state index contributed by atoms with van der Waals surface area (Å²) in [5.74, 6) is 0. The summed E-state index contributed by atoms with van der Waals surface area (Å²) in [6.45, 7) is 0. The van der Waals surface area contributed by atoms with Gasteiger partial charge < -0.3 is 0 Å². The third kappa shape index (κ3) is 2.46. The molecule has 2 aromatic rings. The summed E-state index contributed by atoms with van der Waals surface area (Å²) in [6, 6.07) is 3.60. The van der Waals surface area contributed by atoms with Gasteiger partial charge in [0.1, 0.15) is 0 Å². The molecule has 2 heterocycles. The van der Waals surface area contributed by atoms with Gasteiger partial charge in [0, 0.05) is 10.4 Å². The number of hydrogen-bond acceptors (Lipinski definition) is 2. The molecule has 0 bridgehead atoms. The third-order valence-corrected chi connectivity index (χ3v) is 5.36. The molecular formula is C9H4Cl4S2. The highest BCUT2D eigenvalue weighted by molar-refractivity contribution is 7.20. The molecule has 0 aromatic carbocycles. The smallest absolute Gasteiger partial charge is 0.0994 e. The predicted molar refractivity (Wildman–Crippen MR) is 71.4 cm³/mol. The molecule has 1 atom stereocenters. The van der Waals surface area contributed by atoms with E-state index in [1.54, 1.807) is 6.07 Å². The minimum absolute atomic E-state index is 0.325. The standard InChI is InChI=1S/C9H4Cl4S2/c10-5-1-2-14-8(5)7(12)4-3-6(11)15-9(4)13/h1-3,7H. The molecule has 0 aliphatic carbocycles. The Labute approximate surface area is 115 Å². The summed E-state index contributed by atoms with van der Waals surface area (Å²) >= 11 is 27.0. The van der Waals surface area contributed by atoms with Crippen LogP contribution in [0.5, 0.6) is 0 Å². The SMILES string of the molecule is Clc1cc(C(Cl)c2sccc2Cl)c(Cl)s1. The first kappa shape index (κ1) is 12.0. The molecule has 0 saturated carbocycles. The zero-order valence-electron chi connectivity index (χ0n) is 7.14. The Kier molecular flexibility index (Phi) is 3.87. The number of hydrogen-bond donors (Lipinski definition) is 0. The van der Waals surface area contributed by atoms with Crippen LogP contribution in [0.1, 0.15) is 15.8 Å². The summed E-state index contributed by atoms with van der Waals surface area (Å²) < 4.78 is 1.25. The van der Waals surface area contributed by atoms with E-state index in [2.05, 4.69) is 0 Å². The lowest BCUT2D eigenvalue weighted by atomic mass is 10.2. The summed E-state index contributed by atoms with van der Waals surface area (Å²) in [4.78, 5) is 0.898. The fourth-order valence-electron chi connectivity index (χ4n) is 1.15. The molecule has 2 rings (SSSR count). The number of thiophene rings is 2. The van der Waals surface area contributed by atoms with Gasteiger partial charge in [-0.1, -0.05) is 34.8 Å². The van der Waals surface area contributed by atoms with Gasteiger partial charge >= 0.3 is 0 Å². The van der Waals surface area contributed by atoms with Crippen molar-refractivity contribution in [1.82, 2.24) is 0 Å². The lowest BCUT2D eigenvalue weighted by Gasteiger charge is -2.06. The molecule has 1 unspecified atom stereocenters. The zero-order chi connectivity index (χ0) is 11.0. The molecule has 0 radical (unpaired) electrons. The number of alkyl halides is 1. The van der Waals surface area contributed by atoms with E-state index in [0.29, 0.717) is 13.7 Å². The molecule has 0 fully saturated rings. The van der Waals surface area contributed by atoms with E-state index in [0.717, 1.165) is 10.4 Å². The Balaban J connectivity index is 2.40. The maximum atomic E-state index is 6.29. The molecule has 2 aromatic heterocycles. The molecule has 0 saturated heterocycles. The van der Waals surface area contributed by atoms with Crippen molar-refractivity contribution in [3.8, 4) is 0 Å². The third-order valence-electron chi connectivity index (χ3n) is 1.83. The predicted octanol–water partition coefficient (Wildman–Crippen LogP) is 6.10. The van der Waals surface area contributed by atoms with E-state index in [4.69, 9.17) is 46.4 Å². The van der Waals surface area contributed by atoms with E-state index in [1.165, 1.54) is 22.7 Å². The zero-order valence-corrected chi connectivity index (χ0v) is 11.8. The molecule has 15 heavy (non-hydrogen) atoms. The van der Waals surface area contributed by atoms with Gasteiger partial charge in [0.25, 0.3) is 0 Å². The minimum atomic E-state index is -0.325. The number of rotatable bonds is 2.